The molecular weight excluding hydrogens is 282 g/mol. The van der Waals surface area contributed by atoms with E-state index in [1.807, 2.05) is 6.92 Å². The monoisotopic (exact) mass is 305 g/mol. The zero-order valence-corrected chi connectivity index (χ0v) is 14.0. The number of H-pyrrole nitrogens is 1. The van der Waals surface area contributed by atoms with E-state index < -0.39 is 0 Å². The zero-order valence-electron chi connectivity index (χ0n) is 13.2. The van der Waals surface area contributed by atoms with Crippen LogP contribution in [0.25, 0.3) is 10.2 Å². The van der Waals surface area contributed by atoms with Crippen LogP contribution in [0.3, 0.4) is 0 Å². The van der Waals surface area contributed by atoms with E-state index in [1.165, 1.54) is 17.7 Å². The van der Waals surface area contributed by atoms with Crippen LogP contribution in [0.4, 0.5) is 0 Å². The molecule has 0 radical (unpaired) electrons. The number of aromatic nitrogens is 2. The van der Waals surface area contributed by atoms with E-state index in [1.54, 1.807) is 11.3 Å². The lowest BCUT2D eigenvalue weighted by Crippen LogP contribution is -2.36. The summed E-state index contributed by atoms with van der Waals surface area (Å²) in [5.74, 6) is 1.62. The van der Waals surface area contributed by atoms with E-state index >= 15 is 0 Å². The van der Waals surface area contributed by atoms with Crippen LogP contribution >= 0.6 is 11.3 Å². The minimum Gasteiger partial charge on any atom is -0.309 e. The molecule has 3 rings (SSSR count). The highest BCUT2D eigenvalue weighted by molar-refractivity contribution is 7.18. The van der Waals surface area contributed by atoms with E-state index in [-0.39, 0.29) is 11.6 Å². The van der Waals surface area contributed by atoms with Gasteiger partial charge in [0.1, 0.15) is 10.7 Å². The van der Waals surface area contributed by atoms with Crippen LogP contribution < -0.4 is 5.56 Å². The third-order valence-electron chi connectivity index (χ3n) is 4.82. The van der Waals surface area contributed by atoms with Gasteiger partial charge in [0.05, 0.1) is 11.4 Å². The predicted molar refractivity (Wildman–Crippen MR) is 88.1 cm³/mol. The summed E-state index contributed by atoms with van der Waals surface area (Å²) in [5.41, 5.74) is 1.07. The fourth-order valence-electron chi connectivity index (χ4n) is 3.06. The number of rotatable bonds is 2. The first-order valence-corrected chi connectivity index (χ1v) is 8.53. The maximum Gasteiger partial charge on any atom is 0.259 e. The van der Waals surface area contributed by atoms with Crippen LogP contribution in [-0.4, -0.2) is 28.0 Å². The quantitative estimate of drug-likeness (QED) is 0.925. The second-order valence-corrected chi connectivity index (χ2v) is 7.51. The maximum atomic E-state index is 12.4. The number of aromatic amines is 1. The molecule has 1 atom stereocenters. The van der Waals surface area contributed by atoms with Crippen LogP contribution in [0, 0.1) is 19.8 Å². The van der Waals surface area contributed by atoms with Crippen LogP contribution in [0.1, 0.15) is 49.0 Å². The summed E-state index contributed by atoms with van der Waals surface area (Å²) in [6.45, 7) is 10.7. The first kappa shape index (κ1) is 14.7. The molecule has 0 saturated carbocycles. The smallest absolute Gasteiger partial charge is 0.259 e. The molecule has 4 nitrogen and oxygen atoms in total. The molecule has 21 heavy (non-hydrogen) atoms. The SMILES string of the molecule is Cc1sc2nc(C(C)N3CCC(C)CC3)[nH]c(=O)c2c1C. The Bertz CT molecular complexity index is 710. The molecule has 0 amide bonds. The molecule has 3 heterocycles. The number of fused-ring (bicyclic) bond motifs is 1. The van der Waals surface area contributed by atoms with Gasteiger partial charge in [-0.1, -0.05) is 6.92 Å². The lowest BCUT2D eigenvalue weighted by atomic mass is 9.98. The molecule has 2 aromatic rings. The summed E-state index contributed by atoms with van der Waals surface area (Å²) < 4.78 is 0. The second kappa shape index (κ2) is 5.54. The molecule has 1 unspecified atom stereocenters. The first-order valence-electron chi connectivity index (χ1n) is 7.71. The first-order chi connectivity index (χ1) is 9.97. The highest BCUT2D eigenvalue weighted by atomic mass is 32.1. The predicted octanol–water partition coefficient (Wildman–Crippen LogP) is 3.39. The standard InChI is InChI=1S/C16H23N3OS/c1-9-5-7-19(8-6-9)11(3)14-17-15(20)13-10(2)12(4)21-16(13)18-14/h9,11H,5-8H2,1-4H3,(H,17,18,20). The lowest BCUT2D eigenvalue weighted by Gasteiger charge is -2.34. The van der Waals surface area contributed by atoms with Gasteiger partial charge < -0.3 is 4.98 Å². The van der Waals surface area contributed by atoms with Crippen molar-refractivity contribution in [2.45, 2.75) is 46.6 Å². The van der Waals surface area contributed by atoms with Gasteiger partial charge in [0.15, 0.2) is 0 Å². The van der Waals surface area contributed by atoms with Gasteiger partial charge in [-0.05, 0) is 58.2 Å². The number of nitrogens with one attached hydrogen (secondary N) is 1. The van der Waals surface area contributed by atoms with Gasteiger partial charge in [0.2, 0.25) is 0 Å². The Balaban J connectivity index is 1.95. The van der Waals surface area contributed by atoms with Gasteiger partial charge in [0, 0.05) is 4.88 Å². The van der Waals surface area contributed by atoms with E-state index in [9.17, 15) is 4.79 Å². The van der Waals surface area contributed by atoms with E-state index in [4.69, 9.17) is 4.98 Å². The van der Waals surface area contributed by atoms with Gasteiger partial charge in [0.25, 0.3) is 5.56 Å². The number of thiophene rings is 1. The van der Waals surface area contributed by atoms with Gasteiger partial charge in [-0.25, -0.2) is 4.98 Å². The fraction of sp³-hybridized carbons (Fsp3) is 0.625. The Labute approximate surface area is 129 Å². The average Bonchev–Trinajstić information content (AvgIpc) is 2.74. The number of likely N-dealkylation sites (tertiary alicyclic amines) is 1. The lowest BCUT2D eigenvalue weighted by molar-refractivity contribution is 0.142. The number of nitrogens with zero attached hydrogens (tertiary/aromatic N) is 2. The molecule has 1 fully saturated rings. The molecule has 0 spiro atoms. The summed E-state index contributed by atoms with van der Waals surface area (Å²) in [6.07, 6.45) is 2.46. The zero-order chi connectivity index (χ0) is 15.1. The Morgan fingerprint density at radius 1 is 1.33 bits per heavy atom. The van der Waals surface area contributed by atoms with Crippen molar-refractivity contribution >= 4 is 21.6 Å². The van der Waals surface area contributed by atoms with Crippen molar-refractivity contribution in [2.24, 2.45) is 5.92 Å². The third kappa shape index (κ3) is 2.64. The number of piperidine rings is 1. The average molecular weight is 305 g/mol. The molecule has 1 aliphatic heterocycles. The minimum atomic E-state index is 0.00841. The highest BCUT2D eigenvalue weighted by Gasteiger charge is 2.24. The molecule has 2 aromatic heterocycles. The fourth-order valence-corrected chi connectivity index (χ4v) is 4.10. The maximum absolute atomic E-state index is 12.4. The molecule has 0 aromatic carbocycles. The number of aryl methyl sites for hydroxylation is 2. The van der Waals surface area contributed by atoms with Crippen molar-refractivity contribution in [2.75, 3.05) is 13.1 Å². The van der Waals surface area contributed by atoms with E-state index in [2.05, 4.69) is 30.7 Å². The van der Waals surface area contributed by atoms with Crippen LogP contribution in [-0.2, 0) is 0 Å². The topological polar surface area (TPSA) is 49.0 Å². The van der Waals surface area contributed by atoms with Gasteiger partial charge >= 0.3 is 0 Å². The van der Waals surface area contributed by atoms with Gasteiger partial charge in [-0.2, -0.15) is 0 Å². The third-order valence-corrected chi connectivity index (χ3v) is 5.92. The summed E-state index contributed by atoms with van der Waals surface area (Å²) in [5, 5.41) is 0.765. The van der Waals surface area contributed by atoms with E-state index in [0.717, 1.165) is 40.6 Å². The Morgan fingerprint density at radius 3 is 2.67 bits per heavy atom. The van der Waals surface area contributed by atoms with Crippen molar-refractivity contribution in [3.05, 3.63) is 26.6 Å². The second-order valence-electron chi connectivity index (χ2n) is 6.31. The van der Waals surface area contributed by atoms with E-state index in [0.29, 0.717) is 0 Å². The molecule has 1 aliphatic rings. The highest BCUT2D eigenvalue weighted by Crippen LogP contribution is 2.28. The van der Waals surface area contributed by atoms with Crippen molar-refractivity contribution in [1.82, 2.24) is 14.9 Å². The Morgan fingerprint density at radius 2 is 2.00 bits per heavy atom. The summed E-state index contributed by atoms with van der Waals surface area (Å²) in [7, 11) is 0. The molecule has 0 aliphatic carbocycles. The van der Waals surface area contributed by atoms with Crippen LogP contribution in [0.5, 0.6) is 0 Å². The number of hydrogen-bond donors (Lipinski definition) is 1. The minimum absolute atomic E-state index is 0.00841. The van der Waals surface area contributed by atoms with Gasteiger partial charge in [-0.3, -0.25) is 9.69 Å². The van der Waals surface area contributed by atoms with Gasteiger partial charge in [-0.15, -0.1) is 11.3 Å². The molecule has 114 valence electrons. The number of hydrogen-bond acceptors (Lipinski definition) is 4. The van der Waals surface area contributed by atoms with Crippen molar-refractivity contribution in [3.63, 3.8) is 0 Å². The normalized spacial score (nSPS) is 19.2. The van der Waals surface area contributed by atoms with Crippen LogP contribution in [0.2, 0.25) is 0 Å². The Hall–Kier alpha value is -1.20. The molecule has 1 N–H and O–H groups in total. The summed E-state index contributed by atoms with van der Waals surface area (Å²) in [6, 6.07) is 0.178. The van der Waals surface area contributed by atoms with Crippen LogP contribution in [0.15, 0.2) is 4.79 Å². The molecular formula is C16H23N3OS. The largest absolute Gasteiger partial charge is 0.309 e. The van der Waals surface area contributed by atoms with Crippen molar-refractivity contribution in [1.29, 1.82) is 0 Å². The van der Waals surface area contributed by atoms with Crippen molar-refractivity contribution in [3.8, 4) is 0 Å². The molecule has 0 bridgehead atoms. The molecule has 5 heteroatoms. The summed E-state index contributed by atoms with van der Waals surface area (Å²) >= 11 is 1.62. The molecule has 1 saturated heterocycles. The van der Waals surface area contributed by atoms with Crippen molar-refractivity contribution < 1.29 is 0 Å². The summed E-state index contributed by atoms with van der Waals surface area (Å²) in [4.78, 5) is 24.6. The Kier molecular flexibility index (Phi) is 3.88.